The lowest BCUT2D eigenvalue weighted by Crippen LogP contribution is -2.13. The number of aryl methyl sites for hydroxylation is 1. The van der Waals surface area contributed by atoms with Crippen molar-refractivity contribution in [2.24, 2.45) is 12.8 Å². The maximum Gasteiger partial charge on any atom is 0.161 e. The molecule has 0 unspecified atom stereocenters. The predicted octanol–water partition coefficient (Wildman–Crippen LogP) is 2.81. The molecule has 7 heteroatoms. The van der Waals surface area contributed by atoms with Crippen LogP contribution in [0.4, 0.5) is 0 Å². The second-order valence-electron chi connectivity index (χ2n) is 5.38. The number of methoxy groups -OCH3 is 2. The van der Waals surface area contributed by atoms with Gasteiger partial charge < -0.3 is 19.8 Å². The predicted molar refractivity (Wildman–Crippen MR) is 103 cm³/mol. The van der Waals surface area contributed by atoms with Crippen molar-refractivity contribution in [3.8, 4) is 11.5 Å². The van der Waals surface area contributed by atoms with Crippen LogP contribution in [0.5, 0.6) is 11.5 Å². The highest BCUT2D eigenvalue weighted by molar-refractivity contribution is 7.81. The van der Waals surface area contributed by atoms with Gasteiger partial charge in [0.15, 0.2) is 17.1 Å². The summed E-state index contributed by atoms with van der Waals surface area (Å²) >= 11 is 5.25. The SMILES string of the molecule is COc1ccc(/C=C(\C(N)=S)c2nc3cccnc3n2C)cc1OC. The van der Waals surface area contributed by atoms with Crippen LogP contribution in [0, 0.1) is 0 Å². The van der Waals surface area contributed by atoms with E-state index < -0.39 is 0 Å². The summed E-state index contributed by atoms with van der Waals surface area (Å²) in [5.41, 5.74) is 9.05. The number of fused-ring (bicyclic) bond motifs is 1. The number of hydrogen-bond donors (Lipinski definition) is 1. The highest BCUT2D eigenvalue weighted by atomic mass is 32.1. The molecule has 128 valence electrons. The van der Waals surface area contributed by atoms with Gasteiger partial charge in [0.2, 0.25) is 0 Å². The first-order valence-electron chi connectivity index (χ1n) is 7.56. The lowest BCUT2D eigenvalue weighted by molar-refractivity contribution is 0.355. The Labute approximate surface area is 150 Å². The fraction of sp³-hybridized carbons (Fsp3) is 0.167. The summed E-state index contributed by atoms with van der Waals surface area (Å²) < 4.78 is 12.5. The van der Waals surface area contributed by atoms with E-state index in [0.29, 0.717) is 22.9 Å². The fourth-order valence-electron chi connectivity index (χ4n) is 2.62. The van der Waals surface area contributed by atoms with E-state index in [0.717, 1.165) is 16.7 Å². The number of benzene rings is 1. The van der Waals surface area contributed by atoms with Gasteiger partial charge in [0.1, 0.15) is 16.3 Å². The van der Waals surface area contributed by atoms with Crippen molar-refractivity contribution in [3.05, 3.63) is 47.9 Å². The second-order valence-corrected chi connectivity index (χ2v) is 5.82. The van der Waals surface area contributed by atoms with Gasteiger partial charge in [-0.2, -0.15) is 0 Å². The molecular formula is C18H18N4O2S. The van der Waals surface area contributed by atoms with E-state index in [4.69, 9.17) is 27.4 Å². The highest BCUT2D eigenvalue weighted by Crippen LogP contribution is 2.29. The largest absolute Gasteiger partial charge is 0.493 e. The molecule has 0 atom stereocenters. The van der Waals surface area contributed by atoms with E-state index in [9.17, 15) is 0 Å². The van der Waals surface area contributed by atoms with Gasteiger partial charge in [-0.3, -0.25) is 0 Å². The zero-order chi connectivity index (χ0) is 18.0. The number of hydrogen-bond acceptors (Lipinski definition) is 5. The Morgan fingerprint density at radius 2 is 1.96 bits per heavy atom. The van der Waals surface area contributed by atoms with E-state index in [1.165, 1.54) is 0 Å². The summed E-state index contributed by atoms with van der Waals surface area (Å²) in [4.78, 5) is 9.23. The van der Waals surface area contributed by atoms with Crippen LogP contribution in [0.15, 0.2) is 36.5 Å². The van der Waals surface area contributed by atoms with Crippen LogP contribution in [0.1, 0.15) is 11.4 Å². The fourth-order valence-corrected chi connectivity index (χ4v) is 2.77. The lowest BCUT2D eigenvalue weighted by Gasteiger charge is -2.09. The van der Waals surface area contributed by atoms with Crippen molar-refractivity contribution in [2.45, 2.75) is 0 Å². The van der Waals surface area contributed by atoms with Crippen molar-refractivity contribution in [1.82, 2.24) is 14.5 Å². The Hall–Kier alpha value is -2.93. The zero-order valence-corrected chi connectivity index (χ0v) is 15.0. The highest BCUT2D eigenvalue weighted by Gasteiger charge is 2.15. The number of nitrogens with two attached hydrogens (primary N) is 1. The van der Waals surface area contributed by atoms with Crippen LogP contribution in [0.3, 0.4) is 0 Å². The lowest BCUT2D eigenvalue weighted by atomic mass is 10.1. The summed E-state index contributed by atoms with van der Waals surface area (Å²) in [6, 6.07) is 9.34. The summed E-state index contributed by atoms with van der Waals surface area (Å²) in [5.74, 6) is 1.95. The van der Waals surface area contributed by atoms with Crippen LogP contribution in [-0.2, 0) is 7.05 Å². The number of thiocarbonyl (C=S) groups is 1. The molecule has 0 aliphatic rings. The maximum absolute atomic E-state index is 5.97. The molecule has 3 aromatic rings. The van der Waals surface area contributed by atoms with Gasteiger partial charge in [0.25, 0.3) is 0 Å². The number of imidazole rings is 1. The molecule has 3 rings (SSSR count). The summed E-state index contributed by atoms with van der Waals surface area (Å²) in [5, 5.41) is 0. The van der Waals surface area contributed by atoms with Gasteiger partial charge in [-0.25, -0.2) is 9.97 Å². The maximum atomic E-state index is 5.97. The number of aromatic nitrogens is 3. The second kappa shape index (κ2) is 6.90. The molecule has 1 aromatic carbocycles. The Kier molecular flexibility index (Phi) is 4.67. The standard InChI is InChI=1S/C18H18N4O2S/c1-22-17(21-13-5-4-8-20-18(13)22)12(16(19)25)9-11-6-7-14(23-2)15(10-11)24-3/h4-10H,1-3H3,(H2,19,25)/b12-9+. The first-order valence-corrected chi connectivity index (χ1v) is 7.97. The Morgan fingerprint density at radius 1 is 1.20 bits per heavy atom. The van der Waals surface area contributed by atoms with Gasteiger partial charge in [-0.15, -0.1) is 0 Å². The third-order valence-corrected chi connectivity index (χ3v) is 4.07. The number of nitrogens with zero attached hydrogens (tertiary/aromatic N) is 3. The van der Waals surface area contributed by atoms with Crippen LogP contribution in [-0.4, -0.2) is 33.7 Å². The van der Waals surface area contributed by atoms with Crippen LogP contribution in [0.2, 0.25) is 0 Å². The molecule has 25 heavy (non-hydrogen) atoms. The Balaban J connectivity index is 2.14. The monoisotopic (exact) mass is 354 g/mol. The number of pyridine rings is 1. The minimum absolute atomic E-state index is 0.258. The molecule has 0 bridgehead atoms. The van der Waals surface area contributed by atoms with Crippen molar-refractivity contribution in [3.63, 3.8) is 0 Å². The molecule has 0 saturated heterocycles. The molecule has 0 aliphatic carbocycles. The molecule has 0 aliphatic heterocycles. The molecule has 0 amide bonds. The first kappa shape index (κ1) is 16.9. The Morgan fingerprint density at radius 3 is 2.60 bits per heavy atom. The Bertz CT molecular complexity index is 978. The molecule has 0 radical (unpaired) electrons. The summed E-state index contributed by atoms with van der Waals surface area (Å²) in [6.07, 6.45) is 3.61. The van der Waals surface area contributed by atoms with Crippen molar-refractivity contribution in [2.75, 3.05) is 14.2 Å². The average Bonchev–Trinajstić information content (AvgIpc) is 2.96. The molecule has 2 heterocycles. The van der Waals surface area contributed by atoms with Gasteiger partial charge in [0.05, 0.1) is 19.8 Å². The number of rotatable bonds is 5. The van der Waals surface area contributed by atoms with E-state index in [2.05, 4.69) is 9.97 Å². The van der Waals surface area contributed by atoms with Gasteiger partial charge in [-0.1, -0.05) is 18.3 Å². The van der Waals surface area contributed by atoms with E-state index in [1.54, 1.807) is 20.4 Å². The molecular weight excluding hydrogens is 336 g/mol. The zero-order valence-electron chi connectivity index (χ0n) is 14.2. The third kappa shape index (κ3) is 3.18. The minimum atomic E-state index is 0.258. The van der Waals surface area contributed by atoms with Crippen molar-refractivity contribution in [1.29, 1.82) is 0 Å². The molecule has 0 saturated carbocycles. The molecule has 0 fully saturated rings. The smallest absolute Gasteiger partial charge is 0.161 e. The molecule has 2 aromatic heterocycles. The quantitative estimate of drug-likeness (QED) is 0.561. The normalized spacial score (nSPS) is 11.6. The van der Waals surface area contributed by atoms with Crippen LogP contribution >= 0.6 is 12.2 Å². The van der Waals surface area contributed by atoms with E-state index >= 15 is 0 Å². The summed E-state index contributed by atoms with van der Waals surface area (Å²) in [6.45, 7) is 0. The average molecular weight is 354 g/mol. The topological polar surface area (TPSA) is 75.2 Å². The van der Waals surface area contributed by atoms with E-state index in [-0.39, 0.29) is 4.99 Å². The van der Waals surface area contributed by atoms with Crippen LogP contribution in [0.25, 0.3) is 22.8 Å². The molecule has 6 nitrogen and oxygen atoms in total. The van der Waals surface area contributed by atoms with Crippen molar-refractivity contribution >= 4 is 40.0 Å². The third-order valence-electron chi connectivity index (χ3n) is 3.85. The molecule has 2 N–H and O–H groups in total. The molecule has 0 spiro atoms. The van der Waals surface area contributed by atoms with Gasteiger partial charge in [-0.05, 0) is 35.9 Å². The summed E-state index contributed by atoms with van der Waals surface area (Å²) in [7, 11) is 5.08. The van der Waals surface area contributed by atoms with Crippen LogP contribution < -0.4 is 15.2 Å². The van der Waals surface area contributed by atoms with Gasteiger partial charge in [0, 0.05) is 13.2 Å². The van der Waals surface area contributed by atoms with Crippen molar-refractivity contribution < 1.29 is 9.47 Å². The van der Waals surface area contributed by atoms with Gasteiger partial charge >= 0.3 is 0 Å². The number of ether oxygens (including phenoxy) is 2. The minimum Gasteiger partial charge on any atom is -0.493 e. The first-order chi connectivity index (χ1) is 12.0. The van der Waals surface area contributed by atoms with E-state index in [1.807, 2.05) is 48.0 Å².